The summed E-state index contributed by atoms with van der Waals surface area (Å²) in [6.45, 7) is 6.11. The van der Waals surface area contributed by atoms with Gasteiger partial charge in [0.25, 0.3) is 5.91 Å². The first-order valence-electron chi connectivity index (χ1n) is 7.37. The zero-order valence-corrected chi connectivity index (χ0v) is 15.2. The van der Waals surface area contributed by atoms with Gasteiger partial charge in [0.05, 0.1) is 19.8 Å². The molecule has 0 saturated carbocycles. The number of ether oxygens (including phenoxy) is 2. The summed E-state index contributed by atoms with van der Waals surface area (Å²) in [4.78, 5) is 12.5. The molecule has 0 atom stereocenters. The third-order valence-corrected chi connectivity index (χ3v) is 4.48. The molecule has 0 radical (unpaired) electrons. The van der Waals surface area contributed by atoms with Gasteiger partial charge >= 0.3 is 0 Å². The number of hydrogen-bond donors (Lipinski definition) is 1. The Morgan fingerprint density at radius 1 is 1.21 bits per heavy atom. The number of nitrogens with zero attached hydrogens (tertiary/aromatic N) is 1. The maximum Gasteiger partial charge on any atom is 0.256 e. The number of rotatable bonds is 4. The Hall–Kier alpha value is -2.52. The molecular weight excluding hydrogens is 324 g/mol. The number of hydrogen-bond acceptors (Lipinski definition) is 5. The van der Waals surface area contributed by atoms with Crippen LogP contribution in [0.2, 0.25) is 0 Å². The summed E-state index contributed by atoms with van der Waals surface area (Å²) in [6, 6.07) is 7.14. The molecule has 0 aliphatic carbocycles. The van der Waals surface area contributed by atoms with Crippen LogP contribution in [0.4, 0.5) is 5.00 Å². The Kier molecular flexibility index (Phi) is 5.15. The van der Waals surface area contributed by atoms with Gasteiger partial charge in [-0.25, -0.2) is 0 Å². The highest BCUT2D eigenvalue weighted by Gasteiger charge is 2.23. The monoisotopic (exact) mass is 344 g/mol. The number of thiophene rings is 1. The maximum atomic E-state index is 12.5. The van der Waals surface area contributed by atoms with Crippen LogP contribution in [0.15, 0.2) is 23.6 Å². The molecule has 2 rings (SSSR count). The average molecular weight is 344 g/mol. The summed E-state index contributed by atoms with van der Waals surface area (Å²) in [6.07, 6.45) is 0. The van der Waals surface area contributed by atoms with Gasteiger partial charge in [0, 0.05) is 5.56 Å². The van der Waals surface area contributed by atoms with Crippen molar-refractivity contribution in [2.24, 2.45) is 0 Å². The lowest BCUT2D eigenvalue weighted by Gasteiger charge is -2.17. The van der Waals surface area contributed by atoms with Gasteiger partial charge in [-0.15, -0.1) is 11.3 Å². The van der Waals surface area contributed by atoms with E-state index in [9.17, 15) is 10.1 Å². The smallest absolute Gasteiger partial charge is 0.256 e. The van der Waals surface area contributed by atoms with Gasteiger partial charge in [0.1, 0.15) is 11.1 Å². The van der Waals surface area contributed by atoms with Crippen LogP contribution in [0, 0.1) is 11.3 Å². The van der Waals surface area contributed by atoms with Gasteiger partial charge in [-0.1, -0.05) is 20.8 Å². The van der Waals surface area contributed by atoms with Crippen molar-refractivity contribution in [1.29, 1.82) is 5.26 Å². The Bertz CT molecular complexity index is 798. The second-order valence-electron chi connectivity index (χ2n) is 6.24. The van der Waals surface area contributed by atoms with Crippen LogP contribution >= 0.6 is 11.3 Å². The molecule has 0 bridgehead atoms. The fourth-order valence-corrected chi connectivity index (χ4v) is 3.40. The number of nitriles is 1. The fraction of sp³-hybridized carbons (Fsp3) is 0.333. The summed E-state index contributed by atoms with van der Waals surface area (Å²) in [5.74, 6) is 0.736. The zero-order chi connectivity index (χ0) is 17.9. The maximum absolute atomic E-state index is 12.5. The van der Waals surface area contributed by atoms with E-state index in [0.29, 0.717) is 27.6 Å². The van der Waals surface area contributed by atoms with E-state index in [-0.39, 0.29) is 11.3 Å². The molecule has 24 heavy (non-hydrogen) atoms. The molecule has 0 saturated heterocycles. The predicted octanol–water partition coefficient (Wildman–Crippen LogP) is 4.19. The first-order chi connectivity index (χ1) is 11.3. The fourth-order valence-electron chi connectivity index (χ4n) is 2.27. The highest BCUT2D eigenvalue weighted by molar-refractivity contribution is 7.14. The van der Waals surface area contributed by atoms with E-state index < -0.39 is 0 Å². The lowest BCUT2D eigenvalue weighted by atomic mass is 9.86. The normalized spacial score (nSPS) is 10.8. The van der Waals surface area contributed by atoms with Crippen molar-refractivity contribution in [3.63, 3.8) is 0 Å². The third kappa shape index (κ3) is 3.52. The van der Waals surface area contributed by atoms with Crippen molar-refractivity contribution in [3.05, 3.63) is 40.3 Å². The lowest BCUT2D eigenvalue weighted by Crippen LogP contribution is -2.14. The Balaban J connectivity index is 2.31. The zero-order valence-electron chi connectivity index (χ0n) is 14.4. The van der Waals surface area contributed by atoms with Crippen LogP contribution in [0.25, 0.3) is 0 Å². The molecule has 0 aliphatic heterocycles. The molecule has 1 aromatic heterocycles. The predicted molar refractivity (Wildman–Crippen MR) is 95.2 cm³/mol. The van der Waals surface area contributed by atoms with E-state index in [0.717, 1.165) is 5.56 Å². The van der Waals surface area contributed by atoms with Gasteiger partial charge in [-0.3, -0.25) is 4.79 Å². The Morgan fingerprint density at radius 2 is 1.88 bits per heavy atom. The van der Waals surface area contributed by atoms with Crippen LogP contribution in [0.5, 0.6) is 11.5 Å². The molecule has 0 fully saturated rings. The largest absolute Gasteiger partial charge is 0.493 e. The van der Waals surface area contributed by atoms with Crippen molar-refractivity contribution in [3.8, 4) is 17.6 Å². The highest BCUT2D eigenvalue weighted by atomic mass is 32.1. The molecule has 126 valence electrons. The summed E-state index contributed by atoms with van der Waals surface area (Å²) in [7, 11) is 3.05. The minimum atomic E-state index is -0.297. The highest BCUT2D eigenvalue weighted by Crippen LogP contribution is 2.36. The molecule has 1 N–H and O–H groups in total. The average Bonchev–Trinajstić information content (AvgIpc) is 2.96. The topological polar surface area (TPSA) is 71.3 Å². The van der Waals surface area contributed by atoms with Gasteiger partial charge in [0.15, 0.2) is 11.5 Å². The number of amides is 1. The van der Waals surface area contributed by atoms with Crippen LogP contribution in [0.3, 0.4) is 0 Å². The number of benzene rings is 1. The first-order valence-corrected chi connectivity index (χ1v) is 8.25. The number of nitrogens with one attached hydrogen (secondary N) is 1. The van der Waals surface area contributed by atoms with Gasteiger partial charge < -0.3 is 14.8 Å². The van der Waals surface area contributed by atoms with E-state index in [1.807, 2.05) is 26.2 Å². The molecule has 1 aromatic carbocycles. The van der Waals surface area contributed by atoms with E-state index in [2.05, 4.69) is 11.4 Å². The van der Waals surface area contributed by atoms with Crippen LogP contribution < -0.4 is 14.8 Å². The van der Waals surface area contributed by atoms with Crippen LogP contribution in [0.1, 0.15) is 42.3 Å². The first kappa shape index (κ1) is 17.8. The molecule has 0 spiro atoms. The van der Waals surface area contributed by atoms with Crippen molar-refractivity contribution in [1.82, 2.24) is 0 Å². The lowest BCUT2D eigenvalue weighted by molar-refractivity contribution is 0.102. The molecule has 0 unspecified atom stereocenters. The standard InChI is InChI=1S/C18H20N2O3S/c1-18(2,3)13-10-24-17(12(13)9-19)20-16(21)11-6-7-14(22-4)15(8-11)23-5/h6-8,10H,1-5H3,(H,20,21). The molecule has 2 aromatic rings. The summed E-state index contributed by atoms with van der Waals surface area (Å²) in [5.41, 5.74) is 1.72. The van der Waals surface area contributed by atoms with Gasteiger partial charge in [-0.05, 0) is 34.6 Å². The quantitative estimate of drug-likeness (QED) is 0.903. The van der Waals surface area contributed by atoms with Crippen LogP contribution in [-0.2, 0) is 5.41 Å². The number of anilines is 1. The Morgan fingerprint density at radius 3 is 2.42 bits per heavy atom. The van der Waals surface area contributed by atoms with E-state index >= 15 is 0 Å². The van der Waals surface area contributed by atoms with Gasteiger partial charge in [-0.2, -0.15) is 5.26 Å². The Labute approximate surface area is 145 Å². The van der Waals surface area contributed by atoms with E-state index in [1.54, 1.807) is 18.2 Å². The molecule has 0 aliphatic rings. The summed E-state index contributed by atoms with van der Waals surface area (Å²) in [5, 5.41) is 14.8. The molecule has 5 nitrogen and oxygen atoms in total. The minimum Gasteiger partial charge on any atom is -0.493 e. The van der Waals surface area contributed by atoms with E-state index in [4.69, 9.17) is 9.47 Å². The van der Waals surface area contributed by atoms with Gasteiger partial charge in [0.2, 0.25) is 0 Å². The van der Waals surface area contributed by atoms with Crippen molar-refractivity contribution < 1.29 is 14.3 Å². The molecule has 1 amide bonds. The van der Waals surface area contributed by atoms with E-state index in [1.165, 1.54) is 25.6 Å². The molecule has 1 heterocycles. The number of carbonyl (C=O) groups excluding carboxylic acids is 1. The van der Waals surface area contributed by atoms with Crippen molar-refractivity contribution in [2.45, 2.75) is 26.2 Å². The molecule has 6 heteroatoms. The van der Waals surface area contributed by atoms with Crippen molar-refractivity contribution >= 4 is 22.2 Å². The van der Waals surface area contributed by atoms with Crippen molar-refractivity contribution in [2.75, 3.05) is 19.5 Å². The third-order valence-electron chi connectivity index (χ3n) is 3.58. The minimum absolute atomic E-state index is 0.159. The number of carbonyl (C=O) groups is 1. The summed E-state index contributed by atoms with van der Waals surface area (Å²) >= 11 is 1.36. The molecular formula is C18H20N2O3S. The number of methoxy groups -OCH3 is 2. The second kappa shape index (κ2) is 6.93. The summed E-state index contributed by atoms with van der Waals surface area (Å²) < 4.78 is 10.4. The van der Waals surface area contributed by atoms with Crippen LogP contribution in [-0.4, -0.2) is 20.1 Å². The SMILES string of the molecule is COc1ccc(C(=O)Nc2scc(C(C)(C)C)c2C#N)cc1OC. The second-order valence-corrected chi connectivity index (χ2v) is 7.12.